The quantitative estimate of drug-likeness (QED) is 0.822. The van der Waals surface area contributed by atoms with E-state index in [4.69, 9.17) is 0 Å². The average molecular weight is 231 g/mol. The molecule has 0 aromatic heterocycles. The molecule has 1 N–H and O–H groups in total. The standard InChI is InChI=1S/C16H25N/c1-13(2)14-8-7-9-15(12-14)16(17-3)10-5-4-6-11-16/h7-9,12-13,17H,4-6,10-11H2,1-3H3. The lowest BCUT2D eigenvalue weighted by molar-refractivity contribution is 0.250. The molecular formula is C16H25N. The Balaban J connectivity index is 2.33. The van der Waals surface area contributed by atoms with E-state index in [-0.39, 0.29) is 5.54 Å². The van der Waals surface area contributed by atoms with Crippen LogP contribution in [0.5, 0.6) is 0 Å². The van der Waals surface area contributed by atoms with Gasteiger partial charge >= 0.3 is 0 Å². The molecule has 0 spiro atoms. The summed E-state index contributed by atoms with van der Waals surface area (Å²) in [5.74, 6) is 0.618. The van der Waals surface area contributed by atoms with Crippen molar-refractivity contribution in [1.82, 2.24) is 5.32 Å². The summed E-state index contributed by atoms with van der Waals surface area (Å²) in [5.41, 5.74) is 3.19. The number of hydrogen-bond acceptors (Lipinski definition) is 1. The summed E-state index contributed by atoms with van der Waals surface area (Å²) >= 11 is 0. The van der Waals surface area contributed by atoms with Crippen molar-refractivity contribution in [3.63, 3.8) is 0 Å². The highest BCUT2D eigenvalue weighted by molar-refractivity contribution is 5.31. The van der Waals surface area contributed by atoms with Crippen molar-refractivity contribution in [2.24, 2.45) is 0 Å². The number of hydrogen-bond donors (Lipinski definition) is 1. The van der Waals surface area contributed by atoms with Gasteiger partial charge < -0.3 is 5.32 Å². The molecule has 0 aliphatic heterocycles. The summed E-state index contributed by atoms with van der Waals surface area (Å²) in [6.45, 7) is 4.54. The van der Waals surface area contributed by atoms with Crippen LogP contribution >= 0.6 is 0 Å². The second-order valence-electron chi connectivity index (χ2n) is 5.67. The second kappa shape index (κ2) is 5.22. The highest BCUT2D eigenvalue weighted by Gasteiger charge is 2.32. The maximum absolute atomic E-state index is 3.60. The molecule has 0 saturated heterocycles. The first-order chi connectivity index (χ1) is 8.18. The van der Waals surface area contributed by atoms with Gasteiger partial charge in [-0.3, -0.25) is 0 Å². The van der Waals surface area contributed by atoms with Crippen LogP contribution in [0.15, 0.2) is 24.3 Å². The fraction of sp³-hybridized carbons (Fsp3) is 0.625. The maximum atomic E-state index is 3.60. The van der Waals surface area contributed by atoms with Crippen molar-refractivity contribution in [3.05, 3.63) is 35.4 Å². The Morgan fingerprint density at radius 2 is 1.82 bits per heavy atom. The molecule has 1 saturated carbocycles. The third kappa shape index (κ3) is 2.55. The van der Waals surface area contributed by atoms with Crippen LogP contribution in [-0.4, -0.2) is 7.05 Å². The minimum atomic E-state index is 0.239. The predicted molar refractivity (Wildman–Crippen MR) is 74.4 cm³/mol. The predicted octanol–water partition coefficient (Wildman–Crippen LogP) is 4.19. The zero-order chi connectivity index (χ0) is 12.3. The Morgan fingerprint density at radius 3 is 2.41 bits per heavy atom. The fourth-order valence-corrected chi connectivity index (χ4v) is 3.03. The van der Waals surface area contributed by atoms with Gasteiger partial charge in [0.1, 0.15) is 0 Å². The highest BCUT2D eigenvalue weighted by Crippen LogP contribution is 2.37. The maximum Gasteiger partial charge on any atom is 0.0432 e. The molecule has 0 amide bonds. The van der Waals surface area contributed by atoms with E-state index in [0.717, 1.165) is 0 Å². The van der Waals surface area contributed by atoms with Crippen LogP contribution in [-0.2, 0) is 5.54 Å². The van der Waals surface area contributed by atoms with E-state index in [1.165, 1.54) is 43.2 Å². The molecule has 0 bridgehead atoms. The molecule has 1 fully saturated rings. The first kappa shape index (κ1) is 12.6. The summed E-state index contributed by atoms with van der Waals surface area (Å²) in [4.78, 5) is 0. The number of rotatable bonds is 3. The Morgan fingerprint density at radius 1 is 1.12 bits per heavy atom. The first-order valence-corrected chi connectivity index (χ1v) is 6.97. The van der Waals surface area contributed by atoms with E-state index >= 15 is 0 Å². The number of nitrogens with one attached hydrogen (secondary N) is 1. The summed E-state index contributed by atoms with van der Waals surface area (Å²) in [7, 11) is 2.12. The van der Waals surface area contributed by atoms with Crippen molar-refractivity contribution < 1.29 is 0 Å². The van der Waals surface area contributed by atoms with Gasteiger partial charge in [0.25, 0.3) is 0 Å². The van der Waals surface area contributed by atoms with Crippen LogP contribution in [0.25, 0.3) is 0 Å². The van der Waals surface area contributed by atoms with Crippen molar-refractivity contribution >= 4 is 0 Å². The molecule has 94 valence electrons. The molecule has 2 rings (SSSR count). The van der Waals surface area contributed by atoms with Gasteiger partial charge in [0, 0.05) is 5.54 Å². The molecule has 1 aliphatic rings. The number of benzene rings is 1. The molecule has 17 heavy (non-hydrogen) atoms. The molecule has 1 heteroatoms. The van der Waals surface area contributed by atoms with E-state index in [1.807, 2.05) is 0 Å². The van der Waals surface area contributed by atoms with Crippen LogP contribution in [0.2, 0.25) is 0 Å². The molecule has 0 unspecified atom stereocenters. The van der Waals surface area contributed by atoms with Crippen LogP contribution in [0.3, 0.4) is 0 Å². The Kier molecular flexibility index (Phi) is 3.88. The van der Waals surface area contributed by atoms with Crippen LogP contribution < -0.4 is 5.32 Å². The van der Waals surface area contributed by atoms with E-state index < -0.39 is 0 Å². The van der Waals surface area contributed by atoms with Gasteiger partial charge in [-0.15, -0.1) is 0 Å². The zero-order valence-corrected chi connectivity index (χ0v) is 11.4. The van der Waals surface area contributed by atoms with E-state index in [1.54, 1.807) is 0 Å². The average Bonchev–Trinajstić information content (AvgIpc) is 2.39. The van der Waals surface area contributed by atoms with Crippen molar-refractivity contribution in [3.8, 4) is 0 Å². The van der Waals surface area contributed by atoms with Gasteiger partial charge in [-0.25, -0.2) is 0 Å². The van der Waals surface area contributed by atoms with Crippen molar-refractivity contribution in [2.75, 3.05) is 7.05 Å². The Bertz CT molecular complexity index is 362. The topological polar surface area (TPSA) is 12.0 Å². The van der Waals surface area contributed by atoms with E-state index in [9.17, 15) is 0 Å². The largest absolute Gasteiger partial charge is 0.310 e. The van der Waals surface area contributed by atoms with Gasteiger partial charge in [0.15, 0.2) is 0 Å². The molecule has 0 heterocycles. The molecule has 1 aromatic rings. The van der Waals surface area contributed by atoms with Crippen LogP contribution in [0.4, 0.5) is 0 Å². The van der Waals surface area contributed by atoms with Crippen molar-refractivity contribution in [1.29, 1.82) is 0 Å². The van der Waals surface area contributed by atoms with Gasteiger partial charge in [-0.2, -0.15) is 0 Å². The van der Waals surface area contributed by atoms with Gasteiger partial charge in [0.05, 0.1) is 0 Å². The molecule has 0 radical (unpaired) electrons. The zero-order valence-electron chi connectivity index (χ0n) is 11.4. The van der Waals surface area contributed by atoms with Gasteiger partial charge in [-0.1, -0.05) is 57.4 Å². The second-order valence-corrected chi connectivity index (χ2v) is 5.67. The lowest BCUT2D eigenvalue weighted by Crippen LogP contribution is -2.41. The van der Waals surface area contributed by atoms with Crippen LogP contribution in [0.1, 0.15) is 63.0 Å². The van der Waals surface area contributed by atoms with Crippen LogP contribution in [0, 0.1) is 0 Å². The molecular weight excluding hydrogens is 206 g/mol. The highest BCUT2D eigenvalue weighted by atomic mass is 14.9. The first-order valence-electron chi connectivity index (χ1n) is 6.97. The lowest BCUT2D eigenvalue weighted by Gasteiger charge is -2.38. The minimum absolute atomic E-state index is 0.239. The van der Waals surface area contributed by atoms with Gasteiger partial charge in [0.2, 0.25) is 0 Å². The summed E-state index contributed by atoms with van der Waals surface area (Å²) < 4.78 is 0. The molecule has 1 aromatic carbocycles. The smallest absolute Gasteiger partial charge is 0.0432 e. The third-order valence-electron chi connectivity index (χ3n) is 4.29. The summed E-state index contributed by atoms with van der Waals surface area (Å²) in [6.07, 6.45) is 6.67. The Labute approximate surface area is 106 Å². The fourth-order valence-electron chi connectivity index (χ4n) is 3.03. The van der Waals surface area contributed by atoms with E-state index in [0.29, 0.717) is 5.92 Å². The van der Waals surface area contributed by atoms with E-state index in [2.05, 4.69) is 50.5 Å². The summed E-state index contributed by atoms with van der Waals surface area (Å²) in [5, 5.41) is 3.60. The summed E-state index contributed by atoms with van der Waals surface area (Å²) in [6, 6.07) is 9.18. The van der Waals surface area contributed by atoms with Crippen molar-refractivity contribution in [2.45, 2.75) is 57.4 Å². The molecule has 0 atom stereocenters. The lowest BCUT2D eigenvalue weighted by atomic mass is 9.76. The Hall–Kier alpha value is -0.820. The third-order valence-corrected chi connectivity index (χ3v) is 4.29. The SMILES string of the molecule is CNC1(c2cccc(C(C)C)c2)CCCCC1. The van der Waals surface area contributed by atoms with Gasteiger partial charge in [-0.05, 0) is 36.9 Å². The molecule has 1 nitrogen and oxygen atoms in total. The monoisotopic (exact) mass is 231 g/mol. The molecule has 1 aliphatic carbocycles. The minimum Gasteiger partial charge on any atom is -0.310 e. The normalized spacial score (nSPS) is 19.5.